The van der Waals surface area contributed by atoms with Crippen molar-refractivity contribution in [1.82, 2.24) is 5.32 Å². The number of anilines is 2. The topological polar surface area (TPSA) is 107 Å². The summed E-state index contributed by atoms with van der Waals surface area (Å²) in [6.45, 7) is 3.41. The molecule has 2 aromatic rings. The highest BCUT2D eigenvalue weighted by atomic mass is 79.9. The fraction of sp³-hybridized carbons (Fsp3) is 0.440. The van der Waals surface area contributed by atoms with Gasteiger partial charge in [-0.25, -0.2) is 0 Å². The van der Waals surface area contributed by atoms with Gasteiger partial charge in [0, 0.05) is 17.9 Å². The number of morpholine rings is 1. The number of nitrogens with one attached hydrogen (secondary N) is 2. The van der Waals surface area contributed by atoms with Crippen LogP contribution >= 0.6 is 27.3 Å². The molecule has 2 aliphatic carbocycles. The van der Waals surface area contributed by atoms with E-state index in [1.165, 1.54) is 11.3 Å². The number of amidine groups is 1. The van der Waals surface area contributed by atoms with Crippen LogP contribution in [0.25, 0.3) is 0 Å². The number of nitrogens with zero attached hydrogens (tertiary/aromatic N) is 3. The number of aryl methyl sites for hydroxylation is 1. The molecule has 5 rings (SSSR count). The van der Waals surface area contributed by atoms with Crippen molar-refractivity contribution in [2.75, 3.05) is 30.0 Å². The molecule has 3 atom stereocenters. The minimum atomic E-state index is -0.903. The Morgan fingerprint density at radius 1 is 1.31 bits per heavy atom. The van der Waals surface area contributed by atoms with E-state index in [9.17, 15) is 9.59 Å². The number of nitriles is 1. The molecule has 3 fully saturated rings. The van der Waals surface area contributed by atoms with Gasteiger partial charge in [0.25, 0.3) is 5.91 Å². The number of hydrogen-bond acceptors (Lipinski definition) is 6. The van der Waals surface area contributed by atoms with Gasteiger partial charge >= 0.3 is 0 Å². The Kier molecular flexibility index (Phi) is 6.66. The summed E-state index contributed by atoms with van der Waals surface area (Å²) in [5, 5.41) is 15.2. The molecule has 2 N–H and O–H groups in total. The van der Waals surface area contributed by atoms with E-state index >= 15 is 0 Å². The third-order valence-corrected chi connectivity index (χ3v) is 8.94. The lowest BCUT2D eigenvalue weighted by Crippen LogP contribution is -2.60. The highest BCUT2D eigenvalue weighted by molar-refractivity contribution is 9.11. The van der Waals surface area contributed by atoms with Gasteiger partial charge in [-0.3, -0.25) is 9.59 Å². The van der Waals surface area contributed by atoms with Gasteiger partial charge in [-0.15, -0.1) is 11.3 Å². The normalized spacial score (nSPS) is 26.5. The number of thiophene rings is 1. The Bertz CT molecular complexity index is 1240. The zero-order chi connectivity index (χ0) is 24.6. The molecule has 1 saturated heterocycles. The molecule has 2 heterocycles. The van der Waals surface area contributed by atoms with Crippen LogP contribution in [0.2, 0.25) is 0 Å². The van der Waals surface area contributed by atoms with Crippen molar-refractivity contribution in [2.24, 2.45) is 16.8 Å². The van der Waals surface area contributed by atoms with Crippen LogP contribution in [-0.2, 0) is 9.53 Å². The number of benzene rings is 1. The molecule has 0 radical (unpaired) electrons. The highest BCUT2D eigenvalue weighted by Gasteiger charge is 2.56. The molecule has 2 amide bonds. The summed E-state index contributed by atoms with van der Waals surface area (Å²) in [5.41, 5.74) is 1.65. The highest BCUT2D eigenvalue weighted by Crippen LogP contribution is 2.51. The second-order valence-corrected chi connectivity index (χ2v) is 11.9. The largest absolute Gasteiger partial charge is 0.372 e. The molecule has 10 heteroatoms. The number of aliphatic imine (C=N–C) groups is 1. The predicted octanol–water partition coefficient (Wildman–Crippen LogP) is 4.46. The molecule has 2 bridgehead atoms. The summed E-state index contributed by atoms with van der Waals surface area (Å²) in [7, 11) is 0. The standard InChI is InChI=1S/C25H26BrN5O3S/c1-15-10-18(4-5-19(15)31-8-9-34-13-22(31)28-14-27)29-24(33)25(12-16-2-3-17(25)11-16)30-23(32)20-6-7-21(26)35-20/h4-7,10,16-17H,2-3,8-9,11-13H2,1H3,(H,29,33)(H,30,32)/b28-22-. The molecule has 1 aliphatic heterocycles. The van der Waals surface area contributed by atoms with Crippen molar-refractivity contribution in [3.05, 3.63) is 44.6 Å². The first kappa shape index (κ1) is 24.0. The van der Waals surface area contributed by atoms with Crippen molar-refractivity contribution in [2.45, 2.75) is 38.1 Å². The third-order valence-electron chi connectivity index (χ3n) is 7.31. The van der Waals surface area contributed by atoms with Gasteiger partial charge in [-0.1, -0.05) is 0 Å². The predicted molar refractivity (Wildman–Crippen MR) is 139 cm³/mol. The quantitative estimate of drug-likeness (QED) is 0.529. The van der Waals surface area contributed by atoms with Crippen LogP contribution in [0.1, 0.15) is 40.9 Å². The number of carbonyl (C=O) groups is 2. The van der Waals surface area contributed by atoms with Gasteiger partial charge in [0.2, 0.25) is 12.1 Å². The molecule has 3 aliphatic rings. The fourth-order valence-corrected chi connectivity index (χ4v) is 7.01. The van der Waals surface area contributed by atoms with E-state index in [-0.39, 0.29) is 24.3 Å². The summed E-state index contributed by atoms with van der Waals surface area (Å²) in [4.78, 5) is 33.2. The molecule has 0 spiro atoms. The lowest BCUT2D eigenvalue weighted by atomic mass is 9.79. The van der Waals surface area contributed by atoms with E-state index in [2.05, 4.69) is 31.6 Å². The maximum Gasteiger partial charge on any atom is 0.262 e. The van der Waals surface area contributed by atoms with Crippen LogP contribution < -0.4 is 15.5 Å². The van der Waals surface area contributed by atoms with E-state index in [4.69, 9.17) is 10.00 Å². The van der Waals surface area contributed by atoms with Gasteiger partial charge < -0.3 is 20.3 Å². The molecule has 8 nitrogen and oxygen atoms in total. The van der Waals surface area contributed by atoms with Crippen LogP contribution in [0.5, 0.6) is 0 Å². The van der Waals surface area contributed by atoms with Gasteiger partial charge in [0.1, 0.15) is 18.0 Å². The Morgan fingerprint density at radius 3 is 2.83 bits per heavy atom. The van der Waals surface area contributed by atoms with Crippen LogP contribution in [0, 0.1) is 30.2 Å². The van der Waals surface area contributed by atoms with Gasteiger partial charge in [0.15, 0.2) is 0 Å². The molecule has 2 saturated carbocycles. The second-order valence-electron chi connectivity index (χ2n) is 9.40. The smallest absolute Gasteiger partial charge is 0.262 e. The van der Waals surface area contributed by atoms with E-state index in [1.54, 1.807) is 6.07 Å². The minimum Gasteiger partial charge on any atom is -0.372 e. The van der Waals surface area contributed by atoms with Crippen molar-refractivity contribution in [3.8, 4) is 6.19 Å². The van der Waals surface area contributed by atoms with Crippen LogP contribution in [0.3, 0.4) is 0 Å². The summed E-state index contributed by atoms with van der Waals surface area (Å²) in [6.07, 6.45) is 5.54. The van der Waals surface area contributed by atoms with Crippen LogP contribution in [-0.4, -0.2) is 42.9 Å². The molecule has 182 valence electrons. The van der Waals surface area contributed by atoms with Gasteiger partial charge in [0.05, 0.1) is 15.3 Å². The molecule has 1 aromatic carbocycles. The van der Waals surface area contributed by atoms with Gasteiger partial charge in [-0.2, -0.15) is 10.3 Å². The lowest BCUT2D eigenvalue weighted by Gasteiger charge is -2.37. The number of halogens is 1. The Labute approximate surface area is 216 Å². The van der Waals surface area contributed by atoms with E-state index in [0.29, 0.717) is 41.9 Å². The van der Waals surface area contributed by atoms with Gasteiger partial charge in [-0.05, 0) is 96.3 Å². The number of amides is 2. The Hall–Kier alpha value is -2.74. The van der Waals surface area contributed by atoms with Crippen molar-refractivity contribution < 1.29 is 14.3 Å². The van der Waals surface area contributed by atoms with E-state index in [0.717, 1.165) is 34.3 Å². The summed E-state index contributed by atoms with van der Waals surface area (Å²) < 4.78 is 6.33. The first-order valence-corrected chi connectivity index (χ1v) is 13.3. The second kappa shape index (κ2) is 9.72. The number of carbonyl (C=O) groups excluding carboxylic acids is 2. The SMILES string of the molecule is Cc1cc(NC(=O)C2(NC(=O)c3ccc(Br)s3)CC3CCC2C3)ccc1N1CCOC/C1=N/C#N. The first-order chi connectivity index (χ1) is 16.9. The number of rotatable bonds is 5. The molecule has 1 aromatic heterocycles. The molecule has 3 unspecified atom stereocenters. The Balaban J connectivity index is 1.37. The Morgan fingerprint density at radius 2 is 2.17 bits per heavy atom. The third kappa shape index (κ3) is 4.60. The number of hydrogen-bond donors (Lipinski definition) is 2. The number of ether oxygens (including phenoxy) is 1. The maximum absolute atomic E-state index is 13.7. The molecule has 35 heavy (non-hydrogen) atoms. The monoisotopic (exact) mass is 555 g/mol. The zero-order valence-electron chi connectivity index (χ0n) is 19.3. The summed E-state index contributed by atoms with van der Waals surface area (Å²) in [5.74, 6) is 0.815. The van der Waals surface area contributed by atoms with E-state index < -0.39 is 5.54 Å². The average molecular weight is 556 g/mol. The maximum atomic E-state index is 13.7. The van der Waals surface area contributed by atoms with Crippen molar-refractivity contribution >= 4 is 56.3 Å². The first-order valence-electron chi connectivity index (χ1n) is 11.7. The zero-order valence-corrected chi connectivity index (χ0v) is 21.7. The minimum absolute atomic E-state index is 0.137. The lowest BCUT2D eigenvalue weighted by molar-refractivity contribution is -0.124. The van der Waals surface area contributed by atoms with E-state index in [1.807, 2.05) is 42.3 Å². The van der Waals surface area contributed by atoms with Crippen LogP contribution in [0.4, 0.5) is 11.4 Å². The van der Waals surface area contributed by atoms with Crippen LogP contribution in [0.15, 0.2) is 39.1 Å². The van der Waals surface area contributed by atoms with Crippen molar-refractivity contribution in [1.29, 1.82) is 5.26 Å². The summed E-state index contributed by atoms with van der Waals surface area (Å²) in [6, 6.07) is 9.34. The average Bonchev–Trinajstić information content (AvgIpc) is 3.57. The fourth-order valence-electron chi connectivity index (χ4n) is 5.73. The van der Waals surface area contributed by atoms with Crippen molar-refractivity contribution in [3.63, 3.8) is 0 Å². The molecular formula is C25H26BrN5O3S. The molecular weight excluding hydrogens is 530 g/mol. The summed E-state index contributed by atoms with van der Waals surface area (Å²) >= 11 is 4.78. The number of fused-ring (bicyclic) bond motifs is 2.